The van der Waals surface area contributed by atoms with Crippen LogP contribution in [0.1, 0.15) is 45.8 Å². The molecule has 5 aromatic rings. The summed E-state index contributed by atoms with van der Waals surface area (Å²) in [6.07, 6.45) is 1.23. The molecule has 2 heterocycles. The first-order valence-electron chi connectivity index (χ1n) is 18.0. The van der Waals surface area contributed by atoms with Crippen LogP contribution in [0.2, 0.25) is 0 Å². The summed E-state index contributed by atoms with van der Waals surface area (Å²) in [5, 5.41) is 5.09. The predicted molar refractivity (Wildman–Crippen MR) is 206 cm³/mol. The number of rotatable bonds is 15. The third-order valence-electron chi connectivity index (χ3n) is 9.09. The van der Waals surface area contributed by atoms with Gasteiger partial charge in [0.2, 0.25) is 11.8 Å². The van der Waals surface area contributed by atoms with Crippen molar-refractivity contribution in [3.05, 3.63) is 84.6 Å². The van der Waals surface area contributed by atoms with Crippen molar-refractivity contribution < 1.29 is 28.7 Å². The summed E-state index contributed by atoms with van der Waals surface area (Å²) >= 11 is 0. The molecule has 0 aliphatic rings. The van der Waals surface area contributed by atoms with Crippen LogP contribution in [0, 0.1) is 5.92 Å². The number of hydrogen-bond acceptors (Lipinski definition) is 8. The van der Waals surface area contributed by atoms with Crippen molar-refractivity contribution in [2.24, 2.45) is 5.92 Å². The van der Waals surface area contributed by atoms with Crippen molar-refractivity contribution in [3.8, 4) is 33.5 Å². The molecule has 14 nitrogen and oxygen atoms in total. The van der Waals surface area contributed by atoms with E-state index in [1.54, 1.807) is 16.0 Å². The Morgan fingerprint density at radius 2 is 1.35 bits per heavy atom. The summed E-state index contributed by atoms with van der Waals surface area (Å²) in [5.41, 5.74) is 7.67. The van der Waals surface area contributed by atoms with Gasteiger partial charge in [-0.1, -0.05) is 75.4 Å². The normalized spacial score (nSPS) is 11.6. The summed E-state index contributed by atoms with van der Waals surface area (Å²) in [7, 11) is 2.53. The van der Waals surface area contributed by atoms with Crippen molar-refractivity contribution in [3.63, 3.8) is 0 Å². The second-order valence-electron chi connectivity index (χ2n) is 13.2. The molecule has 5 rings (SSSR count). The highest BCUT2D eigenvalue weighted by Crippen LogP contribution is 2.29. The number of aromatic nitrogens is 4. The standard InChI is InChI=1S/C40H48N8O6/c1-7-19-48(38(50)37(25(3)4)46-40(52)54-6)23-34-41-21-33(45-34)29-15-13-27(14-16-29)26-9-11-28(12-10-26)30-17-18-31-32(20-30)44-35(43-31)24-47(8-2)36(49)22-42-39(51)53-5/h9-18,20-21,25,37H,7-8,19,22-24H2,1-6H3,(H,41,45)(H,42,51)(H,43,44)(H,46,52)/t37-/m0/s1. The zero-order valence-corrected chi connectivity index (χ0v) is 31.6. The summed E-state index contributed by atoms with van der Waals surface area (Å²) in [4.78, 5) is 68.5. The number of hydrogen-bond donors (Lipinski definition) is 4. The maximum atomic E-state index is 13.4. The van der Waals surface area contributed by atoms with Crippen LogP contribution in [0.5, 0.6) is 0 Å². The third-order valence-corrected chi connectivity index (χ3v) is 9.09. The topological polar surface area (TPSA) is 175 Å². The van der Waals surface area contributed by atoms with Gasteiger partial charge in [-0.05, 0) is 59.2 Å². The number of H-pyrrole nitrogens is 2. The van der Waals surface area contributed by atoms with Gasteiger partial charge in [-0.2, -0.15) is 0 Å². The minimum absolute atomic E-state index is 0.118. The van der Waals surface area contributed by atoms with Crippen molar-refractivity contribution in [2.45, 2.75) is 53.2 Å². The van der Waals surface area contributed by atoms with Gasteiger partial charge in [0, 0.05) is 13.1 Å². The monoisotopic (exact) mass is 736 g/mol. The molecule has 54 heavy (non-hydrogen) atoms. The Morgan fingerprint density at radius 3 is 1.94 bits per heavy atom. The molecule has 0 unspecified atom stereocenters. The number of carbonyl (C=O) groups excluding carboxylic acids is 4. The lowest BCUT2D eigenvalue weighted by atomic mass is 9.99. The lowest BCUT2D eigenvalue weighted by Gasteiger charge is -2.28. The van der Waals surface area contributed by atoms with Gasteiger partial charge < -0.3 is 39.9 Å². The third kappa shape index (κ3) is 9.62. The highest BCUT2D eigenvalue weighted by Gasteiger charge is 2.29. The average molecular weight is 737 g/mol. The number of methoxy groups -OCH3 is 2. The Kier molecular flexibility index (Phi) is 13.0. The second kappa shape index (κ2) is 18.0. The van der Waals surface area contributed by atoms with Crippen LogP contribution < -0.4 is 10.6 Å². The summed E-state index contributed by atoms with van der Waals surface area (Å²) < 4.78 is 9.28. The molecule has 0 saturated carbocycles. The number of likely N-dealkylation sites (N-methyl/N-ethyl adjacent to an activating group) is 1. The van der Waals surface area contributed by atoms with Crippen LogP contribution in [0.15, 0.2) is 72.9 Å². The number of alkyl carbamates (subject to hydrolysis) is 2. The van der Waals surface area contributed by atoms with E-state index in [4.69, 9.17) is 4.74 Å². The number of imidazole rings is 2. The van der Waals surface area contributed by atoms with Crippen LogP contribution in [-0.4, -0.2) is 93.6 Å². The second-order valence-corrected chi connectivity index (χ2v) is 13.2. The molecule has 0 spiro atoms. The van der Waals surface area contributed by atoms with Crippen molar-refractivity contribution in [1.82, 2.24) is 40.4 Å². The fourth-order valence-electron chi connectivity index (χ4n) is 6.11. The maximum absolute atomic E-state index is 13.4. The SMILES string of the molecule is CCCN(Cc1ncc(-c2ccc(-c3ccc(-c4ccc5nc(CN(CC)C(=O)CNC(=O)OC)[nH]c5c4)cc3)cc2)[nH]1)C(=O)[C@@H](NC(=O)OC)C(C)C. The van der Waals surface area contributed by atoms with E-state index in [-0.39, 0.29) is 37.4 Å². The lowest BCUT2D eigenvalue weighted by molar-refractivity contribution is -0.135. The van der Waals surface area contributed by atoms with E-state index in [2.05, 4.69) is 71.7 Å². The molecule has 14 heteroatoms. The first kappa shape index (κ1) is 39.0. The van der Waals surface area contributed by atoms with Crippen molar-refractivity contribution in [2.75, 3.05) is 33.9 Å². The molecule has 0 radical (unpaired) electrons. The first-order chi connectivity index (χ1) is 26.0. The van der Waals surface area contributed by atoms with Crippen LogP contribution in [-0.2, 0) is 32.2 Å². The van der Waals surface area contributed by atoms with Gasteiger partial charge in [0.1, 0.15) is 24.2 Å². The molecule has 1 atom stereocenters. The molecule has 0 fully saturated rings. The maximum Gasteiger partial charge on any atom is 0.407 e. The van der Waals surface area contributed by atoms with Crippen LogP contribution in [0.4, 0.5) is 9.59 Å². The number of ether oxygens (including phenoxy) is 2. The fraction of sp³-hybridized carbons (Fsp3) is 0.350. The molecule has 0 aliphatic carbocycles. The number of fused-ring (bicyclic) bond motifs is 1. The van der Waals surface area contributed by atoms with Gasteiger partial charge in [0.05, 0.1) is 50.2 Å². The van der Waals surface area contributed by atoms with E-state index >= 15 is 0 Å². The summed E-state index contributed by atoms with van der Waals surface area (Å²) in [6.45, 7) is 9.04. The Hall–Kier alpha value is -6.18. The zero-order valence-electron chi connectivity index (χ0n) is 31.6. The molecular formula is C40H48N8O6. The van der Waals surface area contributed by atoms with Crippen LogP contribution >= 0.6 is 0 Å². The van der Waals surface area contributed by atoms with E-state index < -0.39 is 18.2 Å². The molecule has 4 amide bonds. The Labute approximate surface area is 314 Å². The number of aromatic amines is 2. The Balaban J connectivity index is 1.23. The predicted octanol–water partition coefficient (Wildman–Crippen LogP) is 6.11. The number of amides is 4. The quantitative estimate of drug-likeness (QED) is 0.0996. The van der Waals surface area contributed by atoms with Gasteiger partial charge in [-0.15, -0.1) is 0 Å². The molecule has 2 aromatic heterocycles. The number of benzene rings is 3. The highest BCUT2D eigenvalue weighted by molar-refractivity contribution is 5.86. The Morgan fingerprint density at radius 1 is 0.759 bits per heavy atom. The van der Waals surface area contributed by atoms with Gasteiger partial charge in [0.25, 0.3) is 0 Å². The molecule has 0 saturated heterocycles. The van der Waals surface area contributed by atoms with E-state index in [0.717, 1.165) is 51.0 Å². The number of carbonyl (C=O) groups is 4. The van der Waals surface area contributed by atoms with E-state index in [1.165, 1.54) is 14.2 Å². The van der Waals surface area contributed by atoms with Gasteiger partial charge in [0.15, 0.2) is 0 Å². The molecule has 0 aliphatic heterocycles. The molecule has 284 valence electrons. The fourth-order valence-corrected chi connectivity index (χ4v) is 6.11. The molecule has 3 aromatic carbocycles. The lowest BCUT2D eigenvalue weighted by Crippen LogP contribution is -2.51. The zero-order chi connectivity index (χ0) is 38.8. The van der Waals surface area contributed by atoms with Crippen molar-refractivity contribution >= 4 is 35.0 Å². The van der Waals surface area contributed by atoms with E-state index in [1.807, 2.05) is 58.0 Å². The summed E-state index contributed by atoms with van der Waals surface area (Å²) in [5.74, 6) is 0.769. The summed E-state index contributed by atoms with van der Waals surface area (Å²) in [6, 6.07) is 21.9. The van der Waals surface area contributed by atoms with E-state index in [0.29, 0.717) is 24.7 Å². The largest absolute Gasteiger partial charge is 0.453 e. The number of nitrogens with one attached hydrogen (secondary N) is 4. The highest BCUT2D eigenvalue weighted by atomic mass is 16.5. The molecule has 0 bridgehead atoms. The van der Waals surface area contributed by atoms with Crippen LogP contribution in [0.25, 0.3) is 44.5 Å². The van der Waals surface area contributed by atoms with Crippen LogP contribution in [0.3, 0.4) is 0 Å². The molecule has 4 N–H and O–H groups in total. The van der Waals surface area contributed by atoms with Gasteiger partial charge in [-0.3, -0.25) is 9.59 Å². The average Bonchev–Trinajstić information content (AvgIpc) is 3.83. The number of nitrogens with zero attached hydrogens (tertiary/aromatic N) is 4. The first-order valence-corrected chi connectivity index (χ1v) is 18.0. The minimum Gasteiger partial charge on any atom is -0.453 e. The van der Waals surface area contributed by atoms with Gasteiger partial charge in [-0.25, -0.2) is 19.6 Å². The smallest absolute Gasteiger partial charge is 0.407 e. The molecular weight excluding hydrogens is 688 g/mol. The van der Waals surface area contributed by atoms with Gasteiger partial charge >= 0.3 is 12.2 Å². The van der Waals surface area contributed by atoms with E-state index in [9.17, 15) is 19.2 Å². The Bertz CT molecular complexity index is 2050. The van der Waals surface area contributed by atoms with Crippen molar-refractivity contribution in [1.29, 1.82) is 0 Å². The minimum atomic E-state index is -0.708.